The van der Waals surface area contributed by atoms with Crippen molar-refractivity contribution in [1.29, 1.82) is 0 Å². The molecule has 0 amide bonds. The van der Waals surface area contributed by atoms with Crippen molar-refractivity contribution in [2.75, 3.05) is 20.2 Å². The first-order valence-corrected chi connectivity index (χ1v) is 7.97. The van der Waals surface area contributed by atoms with Gasteiger partial charge in [0, 0.05) is 36.4 Å². The second kappa shape index (κ2) is 7.32. The van der Waals surface area contributed by atoms with Crippen molar-refractivity contribution in [3.63, 3.8) is 0 Å². The lowest BCUT2D eigenvalue weighted by Crippen LogP contribution is -2.22. The number of ether oxygens (including phenoxy) is 2. The predicted molar refractivity (Wildman–Crippen MR) is 86.5 cm³/mol. The normalized spacial score (nSPS) is 18.4. The molecule has 0 spiro atoms. The SMILES string of the molecule is COc1cc(Cl)c(F)cc1OC(c1cncc(F)c1)[C@H]1CCNC1. The van der Waals surface area contributed by atoms with E-state index in [0.717, 1.165) is 25.7 Å². The highest BCUT2D eigenvalue weighted by Crippen LogP contribution is 2.38. The van der Waals surface area contributed by atoms with Gasteiger partial charge >= 0.3 is 0 Å². The third-order valence-electron chi connectivity index (χ3n) is 4.04. The van der Waals surface area contributed by atoms with E-state index in [4.69, 9.17) is 21.1 Å². The Bertz CT molecular complexity index is 724. The Morgan fingerprint density at radius 1 is 1.25 bits per heavy atom. The molecule has 1 aliphatic heterocycles. The number of aromatic nitrogens is 1. The number of hydrogen-bond acceptors (Lipinski definition) is 4. The van der Waals surface area contributed by atoms with Crippen LogP contribution in [0.1, 0.15) is 18.1 Å². The van der Waals surface area contributed by atoms with Gasteiger partial charge in [-0.3, -0.25) is 4.98 Å². The third-order valence-corrected chi connectivity index (χ3v) is 4.33. The molecule has 0 radical (unpaired) electrons. The van der Waals surface area contributed by atoms with Gasteiger partial charge in [0.05, 0.1) is 18.3 Å². The second-order valence-electron chi connectivity index (χ2n) is 5.64. The molecule has 128 valence electrons. The predicted octanol–water partition coefficient (Wildman–Crippen LogP) is 3.75. The lowest BCUT2D eigenvalue weighted by Gasteiger charge is -2.25. The van der Waals surface area contributed by atoms with Gasteiger partial charge in [0.25, 0.3) is 0 Å². The molecular weight excluding hydrogens is 338 g/mol. The van der Waals surface area contributed by atoms with Crippen LogP contribution < -0.4 is 14.8 Å². The summed E-state index contributed by atoms with van der Waals surface area (Å²) in [6, 6.07) is 3.93. The maximum atomic E-state index is 13.8. The first-order chi connectivity index (χ1) is 11.6. The fraction of sp³-hybridized carbons (Fsp3) is 0.353. The van der Waals surface area contributed by atoms with Gasteiger partial charge in [0.1, 0.15) is 17.7 Å². The van der Waals surface area contributed by atoms with Gasteiger partial charge in [-0.1, -0.05) is 11.6 Å². The van der Waals surface area contributed by atoms with Gasteiger partial charge in [-0.25, -0.2) is 8.78 Å². The molecule has 4 nitrogen and oxygen atoms in total. The van der Waals surface area contributed by atoms with Crippen molar-refractivity contribution >= 4 is 11.6 Å². The fourth-order valence-electron chi connectivity index (χ4n) is 2.85. The molecule has 24 heavy (non-hydrogen) atoms. The van der Waals surface area contributed by atoms with Gasteiger partial charge < -0.3 is 14.8 Å². The summed E-state index contributed by atoms with van der Waals surface area (Å²) < 4.78 is 38.7. The number of pyridine rings is 1. The number of benzene rings is 1. The molecule has 0 saturated carbocycles. The molecular formula is C17H17ClF2N2O2. The molecule has 2 aromatic rings. The van der Waals surface area contributed by atoms with Crippen LogP contribution in [-0.4, -0.2) is 25.2 Å². The Kier molecular flexibility index (Phi) is 5.16. The minimum atomic E-state index is -0.604. The number of nitrogens with one attached hydrogen (secondary N) is 1. The summed E-state index contributed by atoms with van der Waals surface area (Å²) in [4.78, 5) is 3.89. The zero-order valence-electron chi connectivity index (χ0n) is 13.1. The maximum Gasteiger partial charge on any atom is 0.165 e. The number of methoxy groups -OCH3 is 1. The topological polar surface area (TPSA) is 43.4 Å². The van der Waals surface area contributed by atoms with Crippen LogP contribution in [0.2, 0.25) is 5.02 Å². The van der Waals surface area contributed by atoms with Crippen molar-refractivity contribution in [3.8, 4) is 11.5 Å². The lowest BCUT2D eigenvalue weighted by molar-refractivity contribution is 0.138. The molecule has 1 fully saturated rings. The second-order valence-corrected chi connectivity index (χ2v) is 6.05. The molecule has 1 aliphatic rings. The van der Waals surface area contributed by atoms with Crippen molar-refractivity contribution in [1.82, 2.24) is 10.3 Å². The summed E-state index contributed by atoms with van der Waals surface area (Å²) in [6.45, 7) is 1.57. The Balaban J connectivity index is 1.96. The molecule has 1 saturated heterocycles. The van der Waals surface area contributed by atoms with E-state index in [9.17, 15) is 8.78 Å². The summed E-state index contributed by atoms with van der Waals surface area (Å²) in [6.07, 6.45) is 3.08. The van der Waals surface area contributed by atoms with Gasteiger partial charge in [0.15, 0.2) is 11.5 Å². The highest BCUT2D eigenvalue weighted by atomic mass is 35.5. The van der Waals surface area contributed by atoms with Crippen LogP contribution in [0.3, 0.4) is 0 Å². The van der Waals surface area contributed by atoms with Crippen LogP contribution in [0.15, 0.2) is 30.6 Å². The van der Waals surface area contributed by atoms with E-state index in [1.165, 1.54) is 25.3 Å². The van der Waals surface area contributed by atoms with Gasteiger partial charge in [-0.2, -0.15) is 0 Å². The Labute approximate surface area is 143 Å². The molecule has 3 rings (SSSR count). The highest BCUT2D eigenvalue weighted by Gasteiger charge is 2.30. The van der Waals surface area contributed by atoms with E-state index in [0.29, 0.717) is 11.3 Å². The Morgan fingerprint density at radius 2 is 2.08 bits per heavy atom. The zero-order valence-corrected chi connectivity index (χ0v) is 13.8. The van der Waals surface area contributed by atoms with Crippen LogP contribution >= 0.6 is 11.6 Å². The van der Waals surface area contributed by atoms with Gasteiger partial charge in [-0.05, 0) is 19.0 Å². The van der Waals surface area contributed by atoms with E-state index in [-0.39, 0.29) is 16.7 Å². The van der Waals surface area contributed by atoms with Gasteiger partial charge in [-0.15, -0.1) is 0 Å². The standard InChI is InChI=1S/C17H17ClF2N2O2/c1-23-15-5-13(18)14(20)6-16(15)24-17(10-2-3-21-7-10)11-4-12(19)9-22-8-11/h4-6,8-10,17,21H,2-3,7H2,1H3/t10-,17?/m0/s1. The summed E-state index contributed by atoms with van der Waals surface area (Å²) in [5.41, 5.74) is 0.598. The molecule has 0 bridgehead atoms. The number of nitrogens with zero attached hydrogens (tertiary/aromatic N) is 1. The summed E-state index contributed by atoms with van der Waals surface area (Å²) >= 11 is 5.79. The molecule has 0 aliphatic carbocycles. The fourth-order valence-corrected chi connectivity index (χ4v) is 3.01. The molecule has 7 heteroatoms. The zero-order chi connectivity index (χ0) is 17.1. The Hall–Kier alpha value is -1.92. The number of rotatable bonds is 5. The van der Waals surface area contributed by atoms with Crippen molar-refractivity contribution in [2.45, 2.75) is 12.5 Å². The van der Waals surface area contributed by atoms with Crippen LogP contribution in [0.25, 0.3) is 0 Å². The summed E-state index contributed by atoms with van der Waals surface area (Å²) in [5, 5.41) is 3.20. The average Bonchev–Trinajstić information content (AvgIpc) is 3.09. The maximum absolute atomic E-state index is 13.8. The smallest absolute Gasteiger partial charge is 0.165 e. The third kappa shape index (κ3) is 3.60. The van der Waals surface area contributed by atoms with Gasteiger partial charge in [0.2, 0.25) is 0 Å². The van der Waals surface area contributed by atoms with Crippen LogP contribution in [0.5, 0.6) is 11.5 Å². The van der Waals surface area contributed by atoms with Crippen molar-refractivity contribution in [2.24, 2.45) is 5.92 Å². The first-order valence-electron chi connectivity index (χ1n) is 7.59. The quantitative estimate of drug-likeness (QED) is 0.888. The minimum absolute atomic E-state index is 0.0503. The highest BCUT2D eigenvalue weighted by molar-refractivity contribution is 6.30. The van der Waals surface area contributed by atoms with E-state index in [1.54, 1.807) is 6.20 Å². The van der Waals surface area contributed by atoms with E-state index >= 15 is 0 Å². The molecule has 2 atom stereocenters. The minimum Gasteiger partial charge on any atom is -0.493 e. The van der Waals surface area contributed by atoms with E-state index in [2.05, 4.69) is 10.3 Å². The summed E-state index contributed by atoms with van der Waals surface area (Å²) in [7, 11) is 1.45. The summed E-state index contributed by atoms with van der Waals surface area (Å²) in [5.74, 6) is -0.395. The number of hydrogen-bond donors (Lipinski definition) is 1. The van der Waals surface area contributed by atoms with E-state index < -0.39 is 17.7 Å². The Morgan fingerprint density at radius 3 is 2.75 bits per heavy atom. The largest absolute Gasteiger partial charge is 0.493 e. The number of halogens is 3. The molecule has 2 heterocycles. The van der Waals surface area contributed by atoms with Crippen molar-refractivity contribution in [3.05, 3.63) is 52.8 Å². The molecule has 1 unspecified atom stereocenters. The lowest BCUT2D eigenvalue weighted by atomic mass is 9.95. The van der Waals surface area contributed by atoms with E-state index in [1.807, 2.05) is 0 Å². The monoisotopic (exact) mass is 354 g/mol. The molecule has 1 aromatic carbocycles. The van der Waals surface area contributed by atoms with Crippen LogP contribution in [0, 0.1) is 17.6 Å². The van der Waals surface area contributed by atoms with Crippen LogP contribution in [-0.2, 0) is 0 Å². The molecule has 1 N–H and O–H groups in total. The van der Waals surface area contributed by atoms with Crippen molar-refractivity contribution < 1.29 is 18.3 Å². The van der Waals surface area contributed by atoms with Crippen LogP contribution in [0.4, 0.5) is 8.78 Å². The molecule has 1 aromatic heterocycles. The average molecular weight is 355 g/mol. The first kappa shape index (κ1) is 16.9.